The number of hydrogen-bond acceptors (Lipinski definition) is 3. The Morgan fingerprint density at radius 1 is 0.700 bits per heavy atom. The summed E-state index contributed by atoms with van der Waals surface area (Å²) in [6.07, 6.45) is 3.57. The van der Waals surface area contributed by atoms with E-state index in [0.717, 1.165) is 34.6 Å². The van der Waals surface area contributed by atoms with E-state index < -0.39 is 0 Å². The van der Waals surface area contributed by atoms with Crippen LogP contribution in [0.3, 0.4) is 0 Å². The molecule has 4 rings (SSSR count). The van der Waals surface area contributed by atoms with Crippen molar-refractivity contribution in [2.24, 2.45) is 0 Å². The molecule has 4 heteroatoms. The number of rotatable bonds is 7. The Labute approximate surface area is 176 Å². The molecule has 0 atom stereocenters. The summed E-state index contributed by atoms with van der Waals surface area (Å²) in [6.45, 7) is 0.721. The van der Waals surface area contributed by atoms with Crippen molar-refractivity contribution in [3.05, 3.63) is 126 Å². The lowest BCUT2D eigenvalue weighted by Crippen LogP contribution is -2.22. The molecule has 3 aromatic carbocycles. The highest BCUT2D eigenvalue weighted by Gasteiger charge is 2.22. The molecule has 1 aromatic heterocycles. The van der Waals surface area contributed by atoms with Gasteiger partial charge in [0, 0.05) is 30.3 Å². The van der Waals surface area contributed by atoms with Gasteiger partial charge < -0.3 is 10.6 Å². The van der Waals surface area contributed by atoms with Gasteiger partial charge in [-0.3, -0.25) is 9.78 Å². The molecule has 4 nitrogen and oxygen atoms in total. The monoisotopic (exact) mass is 393 g/mol. The van der Waals surface area contributed by atoms with Gasteiger partial charge in [-0.1, -0.05) is 60.7 Å². The standard InChI is InChI=1S/C26H23N3O/c30-26(25(21-7-3-1-4-8-21)22-9-5-2-6-10-22)29-24-13-11-23(12-14-24)28-19-20-15-17-27-18-16-20/h1-18,25,28H,19H2,(H,29,30). The van der Waals surface area contributed by atoms with Crippen molar-refractivity contribution in [3.8, 4) is 0 Å². The van der Waals surface area contributed by atoms with Crippen molar-refractivity contribution in [1.82, 2.24) is 4.98 Å². The number of amides is 1. The van der Waals surface area contributed by atoms with Gasteiger partial charge in [0.15, 0.2) is 0 Å². The van der Waals surface area contributed by atoms with Crippen LogP contribution in [0.25, 0.3) is 0 Å². The molecular weight excluding hydrogens is 370 g/mol. The van der Waals surface area contributed by atoms with E-state index in [0.29, 0.717) is 0 Å². The summed E-state index contributed by atoms with van der Waals surface area (Å²) in [5.74, 6) is -0.415. The third-order valence-electron chi connectivity index (χ3n) is 4.93. The van der Waals surface area contributed by atoms with Crippen molar-refractivity contribution in [2.75, 3.05) is 10.6 Å². The van der Waals surface area contributed by atoms with Crippen LogP contribution in [0.5, 0.6) is 0 Å². The molecule has 4 aromatic rings. The molecule has 0 fully saturated rings. The molecule has 0 saturated heterocycles. The van der Waals surface area contributed by atoms with Crippen LogP contribution in [-0.2, 0) is 11.3 Å². The zero-order chi connectivity index (χ0) is 20.6. The maximum Gasteiger partial charge on any atom is 0.236 e. The summed E-state index contributed by atoms with van der Waals surface area (Å²) < 4.78 is 0. The number of pyridine rings is 1. The van der Waals surface area contributed by atoms with E-state index in [4.69, 9.17) is 0 Å². The summed E-state index contributed by atoms with van der Waals surface area (Å²) in [5, 5.41) is 6.44. The number of nitrogens with one attached hydrogen (secondary N) is 2. The molecular formula is C26H23N3O. The van der Waals surface area contributed by atoms with Gasteiger partial charge in [-0.25, -0.2) is 0 Å². The molecule has 30 heavy (non-hydrogen) atoms. The third-order valence-corrected chi connectivity index (χ3v) is 4.93. The van der Waals surface area contributed by atoms with E-state index in [1.807, 2.05) is 97.1 Å². The topological polar surface area (TPSA) is 54.0 Å². The normalized spacial score (nSPS) is 10.6. The summed E-state index contributed by atoms with van der Waals surface area (Å²) in [6, 6.07) is 31.5. The minimum atomic E-state index is -0.364. The predicted octanol–water partition coefficient (Wildman–Crippen LogP) is 5.46. The van der Waals surface area contributed by atoms with Crippen LogP contribution in [0.4, 0.5) is 11.4 Å². The Hall–Kier alpha value is -3.92. The molecule has 148 valence electrons. The fourth-order valence-corrected chi connectivity index (χ4v) is 3.38. The lowest BCUT2D eigenvalue weighted by Gasteiger charge is -2.18. The van der Waals surface area contributed by atoms with Crippen molar-refractivity contribution in [3.63, 3.8) is 0 Å². The number of anilines is 2. The van der Waals surface area contributed by atoms with Gasteiger partial charge in [0.25, 0.3) is 0 Å². The second-order valence-electron chi connectivity index (χ2n) is 7.03. The number of hydrogen-bond donors (Lipinski definition) is 2. The van der Waals surface area contributed by atoms with Crippen LogP contribution < -0.4 is 10.6 Å². The molecule has 1 heterocycles. The minimum absolute atomic E-state index is 0.0510. The van der Waals surface area contributed by atoms with E-state index in [9.17, 15) is 4.79 Å². The highest BCUT2D eigenvalue weighted by molar-refractivity contribution is 5.98. The van der Waals surface area contributed by atoms with Gasteiger partial charge in [0.05, 0.1) is 5.92 Å². The van der Waals surface area contributed by atoms with E-state index in [1.165, 1.54) is 0 Å². The average Bonchev–Trinajstić information content (AvgIpc) is 2.81. The summed E-state index contributed by atoms with van der Waals surface area (Å²) in [4.78, 5) is 17.2. The van der Waals surface area contributed by atoms with Crippen molar-refractivity contribution in [2.45, 2.75) is 12.5 Å². The second-order valence-corrected chi connectivity index (χ2v) is 7.03. The number of benzene rings is 3. The smallest absolute Gasteiger partial charge is 0.236 e. The van der Waals surface area contributed by atoms with E-state index in [1.54, 1.807) is 12.4 Å². The Morgan fingerprint density at radius 3 is 1.80 bits per heavy atom. The first-order chi connectivity index (χ1) is 14.8. The first kappa shape index (κ1) is 19.4. The zero-order valence-corrected chi connectivity index (χ0v) is 16.5. The van der Waals surface area contributed by atoms with Gasteiger partial charge in [-0.15, -0.1) is 0 Å². The van der Waals surface area contributed by atoms with Gasteiger partial charge in [-0.05, 0) is 53.1 Å². The number of aromatic nitrogens is 1. The van der Waals surface area contributed by atoms with Gasteiger partial charge in [0.2, 0.25) is 5.91 Å². The Bertz CT molecular complexity index is 1030. The maximum absolute atomic E-state index is 13.2. The molecule has 0 aliphatic heterocycles. The zero-order valence-electron chi connectivity index (χ0n) is 16.5. The average molecular weight is 393 g/mol. The fraction of sp³-hybridized carbons (Fsp3) is 0.0769. The maximum atomic E-state index is 13.2. The highest BCUT2D eigenvalue weighted by Crippen LogP contribution is 2.26. The first-order valence-electron chi connectivity index (χ1n) is 9.93. The lowest BCUT2D eigenvalue weighted by atomic mass is 9.90. The number of carbonyl (C=O) groups excluding carboxylic acids is 1. The number of carbonyl (C=O) groups is 1. The molecule has 0 saturated carbocycles. The first-order valence-corrected chi connectivity index (χ1v) is 9.93. The van der Waals surface area contributed by atoms with E-state index in [2.05, 4.69) is 15.6 Å². The fourth-order valence-electron chi connectivity index (χ4n) is 3.38. The van der Waals surface area contributed by atoms with Crippen molar-refractivity contribution >= 4 is 17.3 Å². The van der Waals surface area contributed by atoms with Gasteiger partial charge in [0.1, 0.15) is 0 Å². The minimum Gasteiger partial charge on any atom is -0.381 e. The largest absolute Gasteiger partial charge is 0.381 e. The molecule has 1 amide bonds. The van der Waals surface area contributed by atoms with Crippen LogP contribution in [0.1, 0.15) is 22.6 Å². The molecule has 0 bridgehead atoms. The molecule has 0 aliphatic carbocycles. The van der Waals surface area contributed by atoms with Crippen molar-refractivity contribution in [1.29, 1.82) is 0 Å². The summed E-state index contributed by atoms with van der Waals surface area (Å²) >= 11 is 0. The molecule has 0 spiro atoms. The third kappa shape index (κ3) is 4.92. The quantitative estimate of drug-likeness (QED) is 0.438. The summed E-state index contributed by atoms with van der Waals surface area (Å²) in [5.41, 5.74) is 4.86. The van der Waals surface area contributed by atoms with Crippen LogP contribution >= 0.6 is 0 Å². The van der Waals surface area contributed by atoms with Gasteiger partial charge in [-0.2, -0.15) is 0 Å². The molecule has 0 radical (unpaired) electrons. The Kier molecular flexibility index (Phi) is 6.16. The SMILES string of the molecule is O=C(Nc1ccc(NCc2ccncc2)cc1)C(c1ccccc1)c1ccccc1. The van der Waals surface area contributed by atoms with Crippen molar-refractivity contribution < 1.29 is 4.79 Å². The molecule has 0 aliphatic rings. The second kappa shape index (κ2) is 9.52. The predicted molar refractivity (Wildman–Crippen MR) is 121 cm³/mol. The molecule has 0 unspecified atom stereocenters. The highest BCUT2D eigenvalue weighted by atomic mass is 16.1. The van der Waals surface area contributed by atoms with Gasteiger partial charge >= 0.3 is 0 Å². The van der Waals surface area contributed by atoms with Crippen LogP contribution in [0.15, 0.2) is 109 Å². The van der Waals surface area contributed by atoms with Crippen LogP contribution in [0, 0.1) is 0 Å². The van der Waals surface area contributed by atoms with Crippen LogP contribution in [0.2, 0.25) is 0 Å². The lowest BCUT2D eigenvalue weighted by molar-refractivity contribution is -0.116. The van der Waals surface area contributed by atoms with E-state index >= 15 is 0 Å². The number of nitrogens with zero attached hydrogens (tertiary/aromatic N) is 1. The van der Waals surface area contributed by atoms with E-state index in [-0.39, 0.29) is 11.8 Å². The Balaban J connectivity index is 1.46. The van der Waals surface area contributed by atoms with Crippen LogP contribution in [-0.4, -0.2) is 10.9 Å². The Morgan fingerprint density at radius 2 is 1.23 bits per heavy atom. The summed E-state index contributed by atoms with van der Waals surface area (Å²) in [7, 11) is 0. The molecule has 2 N–H and O–H groups in total.